The maximum atomic E-state index is 13.3. The summed E-state index contributed by atoms with van der Waals surface area (Å²) in [5.41, 5.74) is 1.92. The standard InChI is InChI=1S/C24H37N3O2.ClH/c1-5-6-12-27-22(28)21(15-18(2)3)25-23(29)24(27)10-13-26(14-11-24)17-20-9-7-8-19(4)16-20;/h7-9,16,18,21H,5-6,10-15,17H2,1-4H3,(H,25,29);1H/t21-;/m0./s1. The maximum Gasteiger partial charge on any atom is 0.246 e. The number of halogens is 1. The summed E-state index contributed by atoms with van der Waals surface area (Å²) in [6.07, 6.45) is 4.11. The number of piperidine rings is 1. The van der Waals surface area contributed by atoms with E-state index in [-0.39, 0.29) is 30.3 Å². The lowest BCUT2D eigenvalue weighted by Crippen LogP contribution is -2.73. The van der Waals surface area contributed by atoms with Crippen molar-refractivity contribution in [1.29, 1.82) is 0 Å². The smallest absolute Gasteiger partial charge is 0.246 e. The molecule has 0 saturated carbocycles. The molecule has 1 N–H and O–H groups in total. The van der Waals surface area contributed by atoms with Crippen molar-refractivity contribution < 1.29 is 9.59 Å². The van der Waals surface area contributed by atoms with E-state index in [0.29, 0.717) is 31.7 Å². The summed E-state index contributed by atoms with van der Waals surface area (Å²) in [7, 11) is 0. The summed E-state index contributed by atoms with van der Waals surface area (Å²) in [5, 5.41) is 3.09. The van der Waals surface area contributed by atoms with Gasteiger partial charge in [0.05, 0.1) is 0 Å². The number of nitrogens with zero attached hydrogens (tertiary/aromatic N) is 2. The number of carbonyl (C=O) groups excluding carboxylic acids is 2. The summed E-state index contributed by atoms with van der Waals surface area (Å²) >= 11 is 0. The van der Waals surface area contributed by atoms with Crippen LogP contribution in [0.4, 0.5) is 0 Å². The van der Waals surface area contributed by atoms with Crippen molar-refractivity contribution in [2.45, 2.75) is 77.9 Å². The second-order valence-electron chi connectivity index (χ2n) is 9.30. The highest BCUT2D eigenvalue weighted by atomic mass is 35.5. The average molecular weight is 436 g/mol. The Morgan fingerprint density at radius 2 is 1.90 bits per heavy atom. The maximum absolute atomic E-state index is 13.3. The lowest BCUT2D eigenvalue weighted by molar-refractivity contribution is -0.161. The molecule has 2 aliphatic heterocycles. The molecule has 0 radical (unpaired) electrons. The van der Waals surface area contributed by atoms with Gasteiger partial charge in [-0.2, -0.15) is 0 Å². The molecule has 6 heteroatoms. The van der Waals surface area contributed by atoms with Gasteiger partial charge in [0.15, 0.2) is 0 Å². The molecule has 3 rings (SSSR count). The second kappa shape index (κ2) is 10.6. The van der Waals surface area contributed by atoms with Gasteiger partial charge in [0.25, 0.3) is 0 Å². The minimum absolute atomic E-state index is 0. The number of likely N-dealkylation sites (tertiary alicyclic amines) is 1. The van der Waals surface area contributed by atoms with Crippen molar-refractivity contribution in [3.05, 3.63) is 35.4 Å². The number of unbranched alkanes of at least 4 members (excludes halogenated alkanes) is 1. The average Bonchev–Trinajstić information content (AvgIpc) is 2.67. The Bertz CT molecular complexity index is 729. The van der Waals surface area contributed by atoms with Crippen molar-refractivity contribution in [1.82, 2.24) is 15.1 Å². The van der Waals surface area contributed by atoms with E-state index in [4.69, 9.17) is 0 Å². The molecule has 2 aliphatic rings. The number of benzene rings is 1. The largest absolute Gasteiger partial charge is 0.342 e. The highest BCUT2D eigenvalue weighted by Gasteiger charge is 2.53. The van der Waals surface area contributed by atoms with Crippen molar-refractivity contribution in [3.8, 4) is 0 Å². The highest BCUT2D eigenvalue weighted by Crippen LogP contribution is 2.34. The SMILES string of the molecule is CCCCN1C(=O)[C@H](CC(C)C)NC(=O)C12CCN(Cc1cccc(C)c1)CC2.Cl. The molecule has 2 heterocycles. The summed E-state index contributed by atoms with van der Waals surface area (Å²) in [5.74, 6) is 0.565. The zero-order valence-electron chi connectivity index (χ0n) is 18.9. The molecule has 1 aromatic carbocycles. The third-order valence-electron chi connectivity index (χ3n) is 6.42. The molecular weight excluding hydrogens is 398 g/mol. The first-order valence-electron chi connectivity index (χ1n) is 11.3. The van der Waals surface area contributed by atoms with E-state index in [1.165, 1.54) is 11.1 Å². The Morgan fingerprint density at radius 3 is 2.50 bits per heavy atom. The minimum atomic E-state index is -0.664. The van der Waals surface area contributed by atoms with Crippen LogP contribution in [0.2, 0.25) is 0 Å². The first kappa shape index (κ1) is 24.7. The number of nitrogens with one attached hydrogen (secondary N) is 1. The van der Waals surface area contributed by atoms with E-state index in [1.807, 2.05) is 4.90 Å². The minimum Gasteiger partial charge on any atom is -0.342 e. The highest BCUT2D eigenvalue weighted by molar-refractivity contribution is 6.00. The zero-order valence-corrected chi connectivity index (χ0v) is 19.8. The van der Waals surface area contributed by atoms with Crippen molar-refractivity contribution >= 4 is 24.2 Å². The molecule has 0 unspecified atom stereocenters. The fourth-order valence-electron chi connectivity index (χ4n) is 4.79. The molecule has 2 fully saturated rings. The Labute approximate surface area is 188 Å². The van der Waals surface area contributed by atoms with Gasteiger partial charge < -0.3 is 10.2 Å². The fraction of sp³-hybridized carbons (Fsp3) is 0.667. The molecule has 2 amide bonds. The molecule has 30 heavy (non-hydrogen) atoms. The molecule has 2 saturated heterocycles. The van der Waals surface area contributed by atoms with Gasteiger partial charge >= 0.3 is 0 Å². The fourth-order valence-corrected chi connectivity index (χ4v) is 4.79. The summed E-state index contributed by atoms with van der Waals surface area (Å²) < 4.78 is 0. The van der Waals surface area contributed by atoms with E-state index in [1.54, 1.807) is 0 Å². The normalized spacial score (nSPS) is 21.6. The molecule has 0 bridgehead atoms. The van der Waals surface area contributed by atoms with Crippen LogP contribution in [0, 0.1) is 12.8 Å². The number of hydrogen-bond donors (Lipinski definition) is 1. The van der Waals surface area contributed by atoms with Crippen LogP contribution in [0.15, 0.2) is 24.3 Å². The Balaban J connectivity index is 0.00000320. The summed E-state index contributed by atoms with van der Waals surface area (Å²) in [6.45, 7) is 11.7. The number of aryl methyl sites for hydroxylation is 1. The summed E-state index contributed by atoms with van der Waals surface area (Å²) in [6, 6.07) is 8.25. The molecule has 1 aromatic rings. The van der Waals surface area contributed by atoms with Crippen molar-refractivity contribution in [2.75, 3.05) is 19.6 Å². The molecule has 1 atom stereocenters. The van der Waals surface area contributed by atoms with Crippen LogP contribution in [0.5, 0.6) is 0 Å². The Kier molecular flexibility index (Phi) is 8.74. The van der Waals surface area contributed by atoms with E-state index >= 15 is 0 Å². The number of amides is 2. The van der Waals surface area contributed by atoms with Crippen LogP contribution in [0.25, 0.3) is 0 Å². The third-order valence-corrected chi connectivity index (χ3v) is 6.42. The van der Waals surface area contributed by atoms with Crippen LogP contribution in [-0.4, -0.2) is 52.8 Å². The van der Waals surface area contributed by atoms with Crippen molar-refractivity contribution in [3.63, 3.8) is 0 Å². The van der Waals surface area contributed by atoms with Crippen LogP contribution >= 0.6 is 12.4 Å². The van der Waals surface area contributed by atoms with Gasteiger partial charge in [-0.05, 0) is 44.1 Å². The number of carbonyl (C=O) groups is 2. The van der Waals surface area contributed by atoms with Gasteiger partial charge in [0.2, 0.25) is 11.8 Å². The van der Waals surface area contributed by atoms with Gasteiger partial charge in [0.1, 0.15) is 11.6 Å². The first-order valence-corrected chi connectivity index (χ1v) is 11.3. The Morgan fingerprint density at radius 1 is 1.20 bits per heavy atom. The number of piperazine rings is 1. The van der Waals surface area contributed by atoms with Gasteiger partial charge in [-0.25, -0.2) is 0 Å². The van der Waals surface area contributed by atoms with Gasteiger partial charge in [0, 0.05) is 26.2 Å². The van der Waals surface area contributed by atoms with E-state index in [2.05, 4.69) is 62.2 Å². The Hall–Kier alpha value is -1.59. The summed E-state index contributed by atoms with van der Waals surface area (Å²) in [4.78, 5) is 30.9. The lowest BCUT2D eigenvalue weighted by Gasteiger charge is -2.52. The lowest BCUT2D eigenvalue weighted by atomic mass is 9.80. The van der Waals surface area contributed by atoms with Crippen molar-refractivity contribution in [2.24, 2.45) is 5.92 Å². The number of hydrogen-bond acceptors (Lipinski definition) is 3. The first-order chi connectivity index (χ1) is 13.9. The molecule has 0 aliphatic carbocycles. The predicted molar refractivity (Wildman–Crippen MR) is 124 cm³/mol. The van der Waals surface area contributed by atoms with Crippen LogP contribution in [0.3, 0.4) is 0 Å². The zero-order chi connectivity index (χ0) is 21.0. The molecule has 5 nitrogen and oxygen atoms in total. The van der Waals surface area contributed by atoms with E-state index in [0.717, 1.165) is 32.5 Å². The van der Waals surface area contributed by atoms with E-state index in [9.17, 15) is 9.59 Å². The van der Waals surface area contributed by atoms with Crippen LogP contribution < -0.4 is 5.32 Å². The molecule has 1 spiro atoms. The number of rotatable bonds is 7. The molecule has 168 valence electrons. The third kappa shape index (κ3) is 5.36. The van der Waals surface area contributed by atoms with Gasteiger partial charge in [-0.1, -0.05) is 57.0 Å². The second-order valence-corrected chi connectivity index (χ2v) is 9.30. The molecule has 0 aromatic heterocycles. The predicted octanol–water partition coefficient (Wildman–Crippen LogP) is 3.92. The monoisotopic (exact) mass is 435 g/mol. The van der Waals surface area contributed by atoms with E-state index < -0.39 is 5.54 Å². The van der Waals surface area contributed by atoms with Gasteiger partial charge in [-0.3, -0.25) is 14.5 Å². The van der Waals surface area contributed by atoms with Crippen LogP contribution in [-0.2, 0) is 16.1 Å². The van der Waals surface area contributed by atoms with Crippen LogP contribution in [0.1, 0.15) is 64.0 Å². The quantitative estimate of drug-likeness (QED) is 0.706. The molecular formula is C24H38ClN3O2. The van der Waals surface area contributed by atoms with Gasteiger partial charge in [-0.15, -0.1) is 12.4 Å². The topological polar surface area (TPSA) is 52.7 Å².